The zero-order valence-electron chi connectivity index (χ0n) is 7.71. The van der Waals surface area contributed by atoms with Gasteiger partial charge in [0.1, 0.15) is 0 Å². The molecule has 1 radical (unpaired) electrons. The van der Waals surface area contributed by atoms with E-state index in [-0.39, 0.29) is 0 Å². The topological polar surface area (TPSA) is 17.3 Å². The second kappa shape index (κ2) is 4.73. The molecule has 1 aliphatic rings. The van der Waals surface area contributed by atoms with Crippen LogP contribution in [0.15, 0.2) is 0 Å². The van der Waals surface area contributed by atoms with Gasteiger partial charge >= 0.3 is 0 Å². The van der Waals surface area contributed by atoms with E-state index in [1.807, 2.05) is 0 Å². The Kier molecular flexibility index (Phi) is 3.87. The number of rotatable bonds is 3. The molecule has 1 fully saturated rings. The van der Waals surface area contributed by atoms with Gasteiger partial charge in [0.2, 0.25) is 0 Å². The van der Waals surface area contributed by atoms with Crippen LogP contribution < -0.4 is 5.32 Å². The van der Waals surface area contributed by atoms with E-state index in [0.717, 1.165) is 19.0 Å². The van der Waals surface area contributed by atoms with Crippen molar-refractivity contribution >= 4 is 0 Å². The Bertz CT molecular complexity index is 95.7. The minimum Gasteiger partial charge on any atom is -0.309 e. The van der Waals surface area contributed by atoms with Crippen LogP contribution in [0.2, 0.25) is 0 Å². The normalized spacial score (nSPS) is 25.9. The minimum atomic E-state index is 0.881. The van der Waals surface area contributed by atoms with Gasteiger partial charge in [0, 0.05) is 13.1 Å². The van der Waals surface area contributed by atoms with Crippen LogP contribution in [0, 0.1) is 5.92 Å². The zero-order valence-corrected chi connectivity index (χ0v) is 7.71. The molecule has 2 heteroatoms. The highest BCUT2D eigenvalue weighted by Crippen LogP contribution is 2.14. The van der Waals surface area contributed by atoms with E-state index in [1.54, 1.807) is 0 Å². The predicted octanol–water partition coefficient (Wildman–Crippen LogP) is 0.952. The minimum absolute atomic E-state index is 0.881. The summed E-state index contributed by atoms with van der Waals surface area (Å²) in [6.07, 6.45) is 4.05. The van der Waals surface area contributed by atoms with E-state index in [0.29, 0.717) is 0 Å². The lowest BCUT2D eigenvalue weighted by Crippen LogP contribution is -2.27. The highest BCUT2D eigenvalue weighted by molar-refractivity contribution is 4.69. The summed E-state index contributed by atoms with van der Waals surface area (Å²) in [5, 5.41) is 4.42. The number of nitrogens with zero attached hydrogens (tertiary/aromatic N) is 2. The van der Waals surface area contributed by atoms with E-state index < -0.39 is 0 Å². The number of piperidine rings is 1. The molecule has 0 spiro atoms. The molecule has 11 heavy (non-hydrogen) atoms. The van der Waals surface area contributed by atoms with Gasteiger partial charge < -0.3 is 4.90 Å². The smallest absolute Gasteiger partial charge is 0.0162 e. The zero-order chi connectivity index (χ0) is 8.10. The molecule has 1 heterocycles. The Balaban J connectivity index is 2.05. The fraction of sp³-hybridized carbons (Fsp3) is 1.00. The first-order valence-electron chi connectivity index (χ1n) is 4.57. The van der Waals surface area contributed by atoms with E-state index in [1.165, 1.54) is 25.8 Å². The summed E-state index contributed by atoms with van der Waals surface area (Å²) in [5.74, 6) is 0.881. The molecular weight excluding hydrogens is 136 g/mol. The monoisotopic (exact) mass is 155 g/mol. The van der Waals surface area contributed by atoms with Gasteiger partial charge in [-0.15, -0.1) is 0 Å². The summed E-state index contributed by atoms with van der Waals surface area (Å²) in [6, 6.07) is 0. The van der Waals surface area contributed by atoms with Crippen molar-refractivity contribution in [1.29, 1.82) is 0 Å². The SMILES string of the molecule is CN(C)CCC1CCC[N]C1. The van der Waals surface area contributed by atoms with Gasteiger partial charge in [-0.3, -0.25) is 0 Å². The highest BCUT2D eigenvalue weighted by atomic mass is 15.0. The van der Waals surface area contributed by atoms with Gasteiger partial charge in [-0.2, -0.15) is 0 Å². The summed E-state index contributed by atoms with van der Waals surface area (Å²) in [7, 11) is 4.28. The molecule has 0 aromatic heterocycles. The Hall–Kier alpha value is -0.0800. The second-order valence-electron chi connectivity index (χ2n) is 3.73. The van der Waals surface area contributed by atoms with Crippen molar-refractivity contribution in [3.63, 3.8) is 0 Å². The van der Waals surface area contributed by atoms with E-state index >= 15 is 0 Å². The van der Waals surface area contributed by atoms with Crippen molar-refractivity contribution in [2.24, 2.45) is 5.92 Å². The summed E-state index contributed by atoms with van der Waals surface area (Å²) < 4.78 is 0. The van der Waals surface area contributed by atoms with Crippen LogP contribution in [0.5, 0.6) is 0 Å². The number of hydrogen-bond acceptors (Lipinski definition) is 1. The summed E-state index contributed by atoms with van der Waals surface area (Å²) >= 11 is 0. The van der Waals surface area contributed by atoms with Gasteiger partial charge in [-0.1, -0.05) is 0 Å². The number of hydrogen-bond donors (Lipinski definition) is 0. The predicted molar refractivity (Wildman–Crippen MR) is 47.8 cm³/mol. The van der Waals surface area contributed by atoms with Crippen LogP contribution in [-0.2, 0) is 0 Å². The van der Waals surface area contributed by atoms with Crippen LogP contribution in [0.4, 0.5) is 0 Å². The molecule has 0 amide bonds. The van der Waals surface area contributed by atoms with E-state index in [4.69, 9.17) is 0 Å². The fourth-order valence-electron chi connectivity index (χ4n) is 1.53. The van der Waals surface area contributed by atoms with Crippen LogP contribution in [0.3, 0.4) is 0 Å². The van der Waals surface area contributed by atoms with Crippen molar-refractivity contribution in [3.05, 3.63) is 0 Å². The second-order valence-corrected chi connectivity index (χ2v) is 3.73. The third-order valence-electron chi connectivity index (χ3n) is 2.30. The lowest BCUT2D eigenvalue weighted by molar-refractivity contribution is 0.301. The molecular formula is C9H19N2. The van der Waals surface area contributed by atoms with Crippen LogP contribution in [0.1, 0.15) is 19.3 Å². The molecule has 0 aliphatic carbocycles. The first-order valence-corrected chi connectivity index (χ1v) is 4.57. The van der Waals surface area contributed by atoms with Crippen molar-refractivity contribution in [2.75, 3.05) is 33.7 Å². The summed E-state index contributed by atoms with van der Waals surface area (Å²) in [5.41, 5.74) is 0. The fourth-order valence-corrected chi connectivity index (χ4v) is 1.53. The largest absolute Gasteiger partial charge is 0.309 e. The molecule has 0 saturated carbocycles. The molecule has 1 unspecified atom stereocenters. The van der Waals surface area contributed by atoms with Crippen molar-refractivity contribution in [3.8, 4) is 0 Å². The van der Waals surface area contributed by atoms with E-state index in [2.05, 4.69) is 24.3 Å². The maximum absolute atomic E-state index is 4.42. The molecule has 1 atom stereocenters. The molecule has 0 bridgehead atoms. The third kappa shape index (κ3) is 3.73. The average Bonchev–Trinajstić information content (AvgIpc) is 2.03. The molecule has 1 saturated heterocycles. The maximum Gasteiger partial charge on any atom is 0.0162 e. The molecule has 0 N–H and O–H groups in total. The average molecular weight is 155 g/mol. The Morgan fingerprint density at radius 3 is 2.82 bits per heavy atom. The van der Waals surface area contributed by atoms with Crippen LogP contribution in [-0.4, -0.2) is 38.6 Å². The Morgan fingerprint density at radius 2 is 2.27 bits per heavy atom. The van der Waals surface area contributed by atoms with Gasteiger partial charge in [-0.25, -0.2) is 5.32 Å². The highest BCUT2D eigenvalue weighted by Gasteiger charge is 2.12. The van der Waals surface area contributed by atoms with Gasteiger partial charge in [0.05, 0.1) is 0 Å². The van der Waals surface area contributed by atoms with Crippen molar-refractivity contribution in [2.45, 2.75) is 19.3 Å². The Morgan fingerprint density at radius 1 is 1.45 bits per heavy atom. The quantitative estimate of drug-likeness (QED) is 0.593. The van der Waals surface area contributed by atoms with E-state index in [9.17, 15) is 0 Å². The summed E-state index contributed by atoms with van der Waals surface area (Å²) in [6.45, 7) is 3.45. The Labute approximate surface area is 70.0 Å². The van der Waals surface area contributed by atoms with Gasteiger partial charge in [-0.05, 0) is 45.8 Å². The van der Waals surface area contributed by atoms with Crippen molar-refractivity contribution < 1.29 is 0 Å². The van der Waals surface area contributed by atoms with Gasteiger partial charge in [0.25, 0.3) is 0 Å². The maximum atomic E-state index is 4.42. The van der Waals surface area contributed by atoms with Gasteiger partial charge in [0.15, 0.2) is 0 Å². The van der Waals surface area contributed by atoms with Crippen LogP contribution >= 0.6 is 0 Å². The molecule has 1 aliphatic heterocycles. The van der Waals surface area contributed by atoms with Crippen molar-refractivity contribution in [1.82, 2.24) is 10.2 Å². The lowest BCUT2D eigenvalue weighted by Gasteiger charge is -2.22. The first-order chi connectivity index (χ1) is 5.29. The first kappa shape index (κ1) is 9.01. The lowest BCUT2D eigenvalue weighted by atomic mass is 9.96. The molecule has 2 nitrogen and oxygen atoms in total. The molecule has 1 rings (SSSR count). The van der Waals surface area contributed by atoms with Crippen LogP contribution in [0.25, 0.3) is 0 Å². The molecule has 0 aromatic rings. The standard InChI is InChI=1S/C9H19N2/c1-11(2)7-5-9-4-3-6-10-8-9/h9H,3-8H2,1-2H3. The summed E-state index contributed by atoms with van der Waals surface area (Å²) in [4.78, 5) is 2.26. The molecule has 0 aromatic carbocycles. The third-order valence-corrected chi connectivity index (χ3v) is 2.30. The molecule has 65 valence electrons.